The second kappa shape index (κ2) is 11.6. The molecule has 0 aromatic heterocycles. The van der Waals surface area contributed by atoms with Gasteiger partial charge in [-0.15, -0.1) is 0 Å². The lowest BCUT2D eigenvalue weighted by Crippen LogP contribution is -2.37. The molecular weight excluding hydrogens is 474 g/mol. The molecule has 1 amide bonds. The second-order valence-electron chi connectivity index (χ2n) is 9.12. The lowest BCUT2D eigenvalue weighted by atomic mass is 9.95. The summed E-state index contributed by atoms with van der Waals surface area (Å²) in [6, 6.07) is 21.5. The molecule has 0 spiro atoms. The first-order chi connectivity index (χ1) is 17.3. The smallest absolute Gasteiger partial charge is 0.261 e. The van der Waals surface area contributed by atoms with E-state index < -0.39 is 10.0 Å². The van der Waals surface area contributed by atoms with Gasteiger partial charge in [0.15, 0.2) is 0 Å². The highest BCUT2D eigenvalue weighted by Gasteiger charge is 2.25. The molecule has 8 heteroatoms. The van der Waals surface area contributed by atoms with Gasteiger partial charge in [0.25, 0.3) is 10.0 Å². The Labute approximate surface area is 213 Å². The zero-order valence-corrected chi connectivity index (χ0v) is 21.6. The van der Waals surface area contributed by atoms with Crippen LogP contribution in [0.2, 0.25) is 0 Å². The minimum absolute atomic E-state index is 0.0201. The third kappa shape index (κ3) is 6.86. The van der Waals surface area contributed by atoms with E-state index in [0.29, 0.717) is 23.7 Å². The zero-order valence-electron chi connectivity index (χ0n) is 20.7. The van der Waals surface area contributed by atoms with Gasteiger partial charge in [-0.3, -0.25) is 14.4 Å². The first kappa shape index (κ1) is 25.7. The van der Waals surface area contributed by atoms with Crippen molar-refractivity contribution in [3.8, 4) is 5.75 Å². The van der Waals surface area contributed by atoms with E-state index in [1.807, 2.05) is 6.92 Å². The molecule has 0 radical (unpaired) electrons. The van der Waals surface area contributed by atoms with E-state index >= 15 is 0 Å². The minimum Gasteiger partial charge on any atom is -0.494 e. The number of likely N-dealkylation sites (tertiary alicyclic amines) is 1. The van der Waals surface area contributed by atoms with Crippen LogP contribution in [0.5, 0.6) is 5.75 Å². The van der Waals surface area contributed by atoms with Crippen LogP contribution in [0.25, 0.3) is 0 Å². The van der Waals surface area contributed by atoms with Crippen molar-refractivity contribution in [3.05, 3.63) is 83.9 Å². The van der Waals surface area contributed by atoms with Crippen LogP contribution in [0.4, 0.5) is 11.4 Å². The highest BCUT2D eigenvalue weighted by molar-refractivity contribution is 7.92. The molecule has 3 aromatic rings. The van der Waals surface area contributed by atoms with Crippen LogP contribution in [0.15, 0.2) is 77.7 Å². The molecule has 0 bridgehead atoms. The van der Waals surface area contributed by atoms with Gasteiger partial charge in [0.1, 0.15) is 5.75 Å². The van der Waals surface area contributed by atoms with Crippen LogP contribution < -0.4 is 14.8 Å². The molecule has 190 valence electrons. The zero-order chi connectivity index (χ0) is 25.5. The summed E-state index contributed by atoms with van der Waals surface area (Å²) in [6.45, 7) is 7.18. The van der Waals surface area contributed by atoms with E-state index in [4.69, 9.17) is 4.74 Å². The number of nitrogens with zero attached hydrogens (tertiary/aromatic N) is 1. The third-order valence-electron chi connectivity index (χ3n) is 6.30. The van der Waals surface area contributed by atoms with E-state index in [1.165, 1.54) is 23.3 Å². The molecule has 0 atom stereocenters. The molecule has 0 saturated carbocycles. The SMILES string of the molecule is CCOc1ccc(NS(=O)(=O)c2ccc(NC(=O)C3CCN(Cc4cccc(C)c4)CC3)cc2)cc1. The Bertz CT molecular complexity index is 1270. The van der Waals surface area contributed by atoms with Crippen molar-refractivity contribution in [2.75, 3.05) is 29.7 Å². The Morgan fingerprint density at radius 2 is 1.64 bits per heavy atom. The standard InChI is InChI=1S/C28H33N3O4S/c1-3-35-26-11-7-25(8-12-26)30-36(33,34)27-13-9-24(10-14-27)29-28(32)23-15-17-31(18-16-23)20-22-6-4-5-21(2)19-22/h4-14,19,23,30H,3,15-18,20H2,1-2H3,(H,29,32). The van der Waals surface area contributed by atoms with E-state index in [9.17, 15) is 13.2 Å². The van der Waals surface area contributed by atoms with Crippen LogP contribution >= 0.6 is 0 Å². The lowest BCUT2D eigenvalue weighted by molar-refractivity contribution is -0.121. The van der Waals surface area contributed by atoms with Gasteiger partial charge in [-0.05, 0) is 93.9 Å². The maximum atomic E-state index is 12.8. The van der Waals surface area contributed by atoms with Gasteiger partial charge in [0.05, 0.1) is 11.5 Å². The fraction of sp³-hybridized carbons (Fsp3) is 0.321. The van der Waals surface area contributed by atoms with Gasteiger partial charge >= 0.3 is 0 Å². The predicted octanol–water partition coefficient (Wildman–Crippen LogP) is 5.05. The molecule has 1 aliphatic rings. The molecule has 2 N–H and O–H groups in total. The normalized spacial score (nSPS) is 14.8. The molecule has 1 aliphatic heterocycles. The maximum absolute atomic E-state index is 12.8. The number of amides is 1. The summed E-state index contributed by atoms with van der Waals surface area (Å²) < 4.78 is 33.4. The average Bonchev–Trinajstić information content (AvgIpc) is 2.86. The number of hydrogen-bond acceptors (Lipinski definition) is 5. The number of piperidine rings is 1. The summed E-state index contributed by atoms with van der Waals surface area (Å²) in [5, 5.41) is 2.94. The number of hydrogen-bond donors (Lipinski definition) is 2. The quantitative estimate of drug-likeness (QED) is 0.423. The van der Waals surface area contributed by atoms with Crippen molar-refractivity contribution < 1.29 is 17.9 Å². The number of sulfonamides is 1. The van der Waals surface area contributed by atoms with Crippen LogP contribution in [-0.2, 0) is 21.4 Å². The molecule has 0 unspecified atom stereocenters. The van der Waals surface area contributed by atoms with Crippen molar-refractivity contribution >= 4 is 27.3 Å². The van der Waals surface area contributed by atoms with Gasteiger partial charge in [-0.2, -0.15) is 0 Å². The topological polar surface area (TPSA) is 87.7 Å². The lowest BCUT2D eigenvalue weighted by Gasteiger charge is -2.31. The van der Waals surface area contributed by atoms with Crippen LogP contribution in [-0.4, -0.2) is 38.9 Å². The van der Waals surface area contributed by atoms with E-state index in [2.05, 4.69) is 46.1 Å². The van der Waals surface area contributed by atoms with E-state index in [-0.39, 0.29) is 16.7 Å². The van der Waals surface area contributed by atoms with Gasteiger partial charge in [0.2, 0.25) is 5.91 Å². The molecule has 3 aromatic carbocycles. The number of rotatable bonds is 9. The Kier molecular flexibility index (Phi) is 8.28. The molecule has 1 heterocycles. The molecule has 0 aliphatic carbocycles. The van der Waals surface area contributed by atoms with Crippen molar-refractivity contribution in [3.63, 3.8) is 0 Å². The molecule has 7 nitrogen and oxygen atoms in total. The van der Waals surface area contributed by atoms with Crippen LogP contribution in [0, 0.1) is 12.8 Å². The Morgan fingerprint density at radius 3 is 2.28 bits per heavy atom. The predicted molar refractivity (Wildman–Crippen MR) is 143 cm³/mol. The molecule has 4 rings (SSSR count). The van der Waals surface area contributed by atoms with E-state index in [1.54, 1.807) is 36.4 Å². The van der Waals surface area contributed by atoms with Gasteiger partial charge in [-0.1, -0.05) is 29.8 Å². The van der Waals surface area contributed by atoms with Crippen LogP contribution in [0.3, 0.4) is 0 Å². The van der Waals surface area contributed by atoms with Crippen molar-refractivity contribution in [2.45, 2.75) is 38.1 Å². The van der Waals surface area contributed by atoms with Crippen LogP contribution in [0.1, 0.15) is 30.9 Å². The third-order valence-corrected chi connectivity index (χ3v) is 7.69. The molecule has 1 saturated heterocycles. The second-order valence-corrected chi connectivity index (χ2v) is 10.8. The van der Waals surface area contributed by atoms with Crippen molar-refractivity contribution in [1.82, 2.24) is 4.90 Å². The van der Waals surface area contributed by atoms with E-state index in [0.717, 1.165) is 32.5 Å². The maximum Gasteiger partial charge on any atom is 0.261 e. The number of anilines is 2. The first-order valence-electron chi connectivity index (χ1n) is 12.3. The highest BCUT2D eigenvalue weighted by Crippen LogP contribution is 2.23. The summed E-state index contributed by atoms with van der Waals surface area (Å²) in [7, 11) is -3.75. The first-order valence-corrected chi connectivity index (χ1v) is 13.8. The van der Waals surface area contributed by atoms with Gasteiger partial charge < -0.3 is 10.1 Å². The number of nitrogens with one attached hydrogen (secondary N) is 2. The number of benzene rings is 3. The number of aryl methyl sites for hydroxylation is 1. The molecular formula is C28H33N3O4S. The Balaban J connectivity index is 1.28. The Morgan fingerprint density at radius 1 is 0.972 bits per heavy atom. The average molecular weight is 508 g/mol. The van der Waals surface area contributed by atoms with Gasteiger partial charge in [0, 0.05) is 23.8 Å². The highest BCUT2D eigenvalue weighted by atomic mass is 32.2. The van der Waals surface area contributed by atoms with Crippen molar-refractivity contribution in [1.29, 1.82) is 0 Å². The number of ether oxygens (including phenoxy) is 1. The molecule has 36 heavy (non-hydrogen) atoms. The Hall–Kier alpha value is -3.36. The largest absolute Gasteiger partial charge is 0.494 e. The van der Waals surface area contributed by atoms with Gasteiger partial charge in [-0.25, -0.2) is 8.42 Å². The van der Waals surface area contributed by atoms with Crippen molar-refractivity contribution in [2.24, 2.45) is 5.92 Å². The minimum atomic E-state index is -3.75. The summed E-state index contributed by atoms with van der Waals surface area (Å²) in [5.41, 5.74) is 3.59. The molecule has 1 fully saturated rings. The number of carbonyl (C=O) groups is 1. The summed E-state index contributed by atoms with van der Waals surface area (Å²) in [4.78, 5) is 15.3. The summed E-state index contributed by atoms with van der Waals surface area (Å²) in [5.74, 6) is 0.606. The number of carbonyl (C=O) groups excluding carboxylic acids is 1. The summed E-state index contributed by atoms with van der Waals surface area (Å²) >= 11 is 0. The fourth-order valence-corrected chi connectivity index (χ4v) is 5.44. The monoisotopic (exact) mass is 507 g/mol. The summed E-state index contributed by atoms with van der Waals surface area (Å²) in [6.07, 6.45) is 1.60. The fourth-order valence-electron chi connectivity index (χ4n) is 4.38.